The maximum Gasteiger partial charge on any atom is 0.416 e. The highest BCUT2D eigenvalue weighted by atomic mass is 19.4. The van der Waals surface area contributed by atoms with Crippen LogP contribution in [0.4, 0.5) is 18.9 Å². The molecule has 1 aromatic heterocycles. The first-order chi connectivity index (χ1) is 15.5. The predicted octanol–water partition coefficient (Wildman–Crippen LogP) is 5.69. The molecule has 0 atom stereocenters. The Balaban J connectivity index is 1.99. The summed E-state index contributed by atoms with van der Waals surface area (Å²) in [6.45, 7) is 8.29. The van der Waals surface area contributed by atoms with Gasteiger partial charge in [-0.15, -0.1) is 0 Å². The van der Waals surface area contributed by atoms with Crippen LogP contribution >= 0.6 is 0 Å². The fraction of sp³-hybridized carbons (Fsp3) is 0.360. The topological polar surface area (TPSA) is 63.1 Å². The zero-order chi connectivity index (χ0) is 24.3. The first-order valence-corrected chi connectivity index (χ1v) is 10.8. The van der Waals surface area contributed by atoms with Crippen LogP contribution in [0.25, 0.3) is 10.9 Å². The normalized spacial score (nSPS) is 11.9. The molecule has 0 bridgehead atoms. The number of rotatable bonds is 7. The zero-order valence-electron chi connectivity index (χ0n) is 19.1. The first kappa shape index (κ1) is 24.4. The minimum atomic E-state index is -4.41. The highest BCUT2D eigenvalue weighted by molar-refractivity contribution is 6.00. The molecular formula is C25H28F3N3O2. The lowest BCUT2D eigenvalue weighted by Crippen LogP contribution is -2.29. The van der Waals surface area contributed by atoms with Crippen molar-refractivity contribution in [3.63, 3.8) is 0 Å². The number of fused-ring (bicyclic) bond motifs is 1. The molecule has 3 rings (SSSR count). The van der Waals surface area contributed by atoms with E-state index < -0.39 is 11.7 Å². The first-order valence-electron chi connectivity index (χ1n) is 10.8. The number of benzene rings is 2. The van der Waals surface area contributed by atoms with E-state index in [2.05, 4.69) is 10.6 Å². The Morgan fingerprint density at radius 1 is 0.970 bits per heavy atom. The van der Waals surface area contributed by atoms with Gasteiger partial charge in [0.1, 0.15) is 5.69 Å². The summed E-state index contributed by atoms with van der Waals surface area (Å²) in [6, 6.07) is 12.0. The number of anilines is 1. The maximum absolute atomic E-state index is 12.9. The largest absolute Gasteiger partial charge is 0.416 e. The summed E-state index contributed by atoms with van der Waals surface area (Å²) in [5, 5.41) is 6.49. The molecule has 8 heteroatoms. The van der Waals surface area contributed by atoms with Crippen molar-refractivity contribution in [2.45, 2.75) is 40.4 Å². The van der Waals surface area contributed by atoms with Gasteiger partial charge in [0.05, 0.1) is 5.56 Å². The molecule has 3 aromatic rings. The molecule has 1 heterocycles. The SMILES string of the molecule is CC(C)CNC(=O)c1cc2cc(NC(=O)C(C)C)ccc2n1Cc1ccc(C(F)(F)F)cc1. The fourth-order valence-electron chi connectivity index (χ4n) is 3.36. The van der Waals surface area contributed by atoms with Gasteiger partial charge in [0.25, 0.3) is 5.91 Å². The van der Waals surface area contributed by atoms with E-state index in [1.165, 1.54) is 12.1 Å². The molecule has 5 nitrogen and oxygen atoms in total. The van der Waals surface area contributed by atoms with Crippen LogP contribution in [-0.2, 0) is 17.5 Å². The summed E-state index contributed by atoms with van der Waals surface area (Å²) in [7, 11) is 0. The molecule has 0 spiro atoms. The minimum Gasteiger partial charge on any atom is -0.351 e. The van der Waals surface area contributed by atoms with Gasteiger partial charge < -0.3 is 15.2 Å². The van der Waals surface area contributed by atoms with E-state index in [1.54, 1.807) is 42.7 Å². The Labute approximate surface area is 191 Å². The van der Waals surface area contributed by atoms with E-state index in [9.17, 15) is 22.8 Å². The molecule has 0 unspecified atom stereocenters. The Morgan fingerprint density at radius 2 is 1.64 bits per heavy atom. The standard InChI is InChI=1S/C25H28F3N3O2/c1-15(2)13-29-24(33)22-12-18-11-20(30-23(32)16(3)4)9-10-21(18)31(22)14-17-5-7-19(8-6-17)25(26,27)28/h5-12,15-16H,13-14H2,1-4H3,(H,29,33)(H,30,32). The lowest BCUT2D eigenvalue weighted by atomic mass is 10.1. The van der Waals surface area contributed by atoms with Crippen LogP contribution in [0, 0.1) is 11.8 Å². The quantitative estimate of drug-likeness (QED) is 0.477. The number of hydrogen-bond acceptors (Lipinski definition) is 2. The van der Waals surface area contributed by atoms with Crippen LogP contribution < -0.4 is 10.6 Å². The molecule has 0 saturated carbocycles. The van der Waals surface area contributed by atoms with Gasteiger partial charge in [-0.25, -0.2) is 0 Å². The van der Waals surface area contributed by atoms with Gasteiger partial charge in [-0.05, 0) is 47.9 Å². The predicted molar refractivity (Wildman–Crippen MR) is 123 cm³/mol. The van der Waals surface area contributed by atoms with Crippen molar-refractivity contribution in [1.29, 1.82) is 0 Å². The molecule has 33 heavy (non-hydrogen) atoms. The molecule has 176 valence electrons. The summed E-state index contributed by atoms with van der Waals surface area (Å²) in [5.41, 5.74) is 1.67. The van der Waals surface area contributed by atoms with Crippen molar-refractivity contribution in [2.75, 3.05) is 11.9 Å². The number of nitrogens with zero attached hydrogens (tertiary/aromatic N) is 1. The van der Waals surface area contributed by atoms with Gasteiger partial charge >= 0.3 is 6.18 Å². The summed E-state index contributed by atoms with van der Waals surface area (Å²) < 4.78 is 40.5. The van der Waals surface area contributed by atoms with Gasteiger partial charge in [-0.2, -0.15) is 13.2 Å². The van der Waals surface area contributed by atoms with Crippen LogP contribution in [-0.4, -0.2) is 22.9 Å². The number of aromatic nitrogens is 1. The van der Waals surface area contributed by atoms with E-state index in [1.807, 2.05) is 13.8 Å². The second kappa shape index (κ2) is 9.68. The summed E-state index contributed by atoms with van der Waals surface area (Å²) in [5.74, 6) is -0.296. The van der Waals surface area contributed by atoms with Crippen molar-refractivity contribution in [3.8, 4) is 0 Å². The van der Waals surface area contributed by atoms with E-state index in [0.29, 0.717) is 23.5 Å². The Bertz CT molecular complexity index is 1150. The van der Waals surface area contributed by atoms with Crippen molar-refractivity contribution < 1.29 is 22.8 Å². The number of halogens is 3. The highest BCUT2D eigenvalue weighted by Gasteiger charge is 2.30. The average molecular weight is 460 g/mol. The molecule has 2 aromatic carbocycles. The number of carbonyl (C=O) groups is 2. The van der Waals surface area contributed by atoms with Crippen LogP contribution in [0.3, 0.4) is 0 Å². The van der Waals surface area contributed by atoms with E-state index in [4.69, 9.17) is 0 Å². The summed E-state index contributed by atoms with van der Waals surface area (Å²) in [6.07, 6.45) is -4.41. The summed E-state index contributed by atoms with van der Waals surface area (Å²) >= 11 is 0. The maximum atomic E-state index is 12.9. The minimum absolute atomic E-state index is 0.117. The highest BCUT2D eigenvalue weighted by Crippen LogP contribution is 2.30. The third kappa shape index (κ3) is 5.94. The van der Waals surface area contributed by atoms with Gasteiger partial charge in [-0.3, -0.25) is 9.59 Å². The van der Waals surface area contributed by atoms with Crippen LogP contribution in [0.2, 0.25) is 0 Å². The van der Waals surface area contributed by atoms with E-state index in [0.717, 1.165) is 23.0 Å². The van der Waals surface area contributed by atoms with E-state index >= 15 is 0 Å². The number of alkyl halides is 3. The van der Waals surface area contributed by atoms with Gasteiger partial charge in [0.2, 0.25) is 5.91 Å². The lowest BCUT2D eigenvalue weighted by molar-refractivity contribution is -0.137. The molecule has 0 saturated heterocycles. The third-order valence-electron chi connectivity index (χ3n) is 5.22. The molecule has 0 aliphatic rings. The molecule has 0 fully saturated rings. The molecule has 2 N–H and O–H groups in total. The monoisotopic (exact) mass is 459 g/mol. The van der Waals surface area contributed by atoms with Crippen LogP contribution in [0.15, 0.2) is 48.5 Å². The van der Waals surface area contributed by atoms with Crippen molar-refractivity contribution in [3.05, 3.63) is 65.4 Å². The van der Waals surface area contributed by atoms with Gasteiger partial charge in [0.15, 0.2) is 0 Å². The number of amides is 2. The van der Waals surface area contributed by atoms with Crippen molar-refractivity contribution in [2.24, 2.45) is 11.8 Å². The van der Waals surface area contributed by atoms with Gasteiger partial charge in [0, 0.05) is 35.6 Å². The zero-order valence-corrected chi connectivity index (χ0v) is 19.1. The van der Waals surface area contributed by atoms with Crippen LogP contribution in [0.5, 0.6) is 0 Å². The fourth-order valence-corrected chi connectivity index (χ4v) is 3.36. The second-order valence-corrected chi connectivity index (χ2v) is 8.83. The van der Waals surface area contributed by atoms with Gasteiger partial charge in [-0.1, -0.05) is 39.8 Å². The average Bonchev–Trinajstić information content (AvgIpc) is 3.09. The van der Waals surface area contributed by atoms with Crippen LogP contribution in [0.1, 0.15) is 49.3 Å². The molecule has 0 radical (unpaired) electrons. The summed E-state index contributed by atoms with van der Waals surface area (Å²) in [4.78, 5) is 25.0. The lowest BCUT2D eigenvalue weighted by Gasteiger charge is -2.14. The smallest absolute Gasteiger partial charge is 0.351 e. The number of nitrogens with one attached hydrogen (secondary N) is 2. The molecule has 0 aliphatic carbocycles. The van der Waals surface area contributed by atoms with E-state index in [-0.39, 0.29) is 30.2 Å². The molecular weight excluding hydrogens is 431 g/mol. The number of carbonyl (C=O) groups excluding carboxylic acids is 2. The van der Waals surface area contributed by atoms with Crippen molar-refractivity contribution in [1.82, 2.24) is 9.88 Å². The second-order valence-electron chi connectivity index (χ2n) is 8.83. The Morgan fingerprint density at radius 3 is 2.21 bits per heavy atom. The Kier molecular flexibility index (Phi) is 7.15. The molecule has 0 aliphatic heterocycles. The third-order valence-corrected chi connectivity index (χ3v) is 5.22. The molecule has 2 amide bonds. The number of hydrogen-bond donors (Lipinski definition) is 2. The Hall–Kier alpha value is -3.29. The van der Waals surface area contributed by atoms with Crippen molar-refractivity contribution >= 4 is 28.4 Å².